The summed E-state index contributed by atoms with van der Waals surface area (Å²) in [6, 6.07) is 0. The molecule has 2 aliphatic rings. The van der Waals surface area contributed by atoms with Crippen molar-refractivity contribution in [3.05, 3.63) is 0 Å². The largest absolute Gasteiger partial charge is 0.385 e. The third kappa shape index (κ3) is 3.71. The highest BCUT2D eigenvalue weighted by Gasteiger charge is 2.58. The second-order valence-corrected chi connectivity index (χ2v) is 6.03. The zero-order valence-electron chi connectivity index (χ0n) is 12.8. The first-order valence-corrected chi connectivity index (χ1v) is 7.71. The van der Waals surface area contributed by atoms with Gasteiger partial charge in [0.15, 0.2) is 0 Å². The van der Waals surface area contributed by atoms with Crippen LogP contribution in [0.4, 0.5) is 0 Å². The van der Waals surface area contributed by atoms with Gasteiger partial charge in [0.25, 0.3) is 0 Å². The fraction of sp³-hybridized carbons (Fsp3) is 0.933. The summed E-state index contributed by atoms with van der Waals surface area (Å²) in [5.74, 6) is 0.587. The minimum Gasteiger partial charge on any atom is -0.385 e. The van der Waals surface area contributed by atoms with Crippen LogP contribution >= 0.6 is 0 Å². The van der Waals surface area contributed by atoms with Crippen LogP contribution in [0.3, 0.4) is 0 Å². The molecule has 5 heteroatoms. The molecule has 2 fully saturated rings. The fourth-order valence-electron chi connectivity index (χ4n) is 3.33. The van der Waals surface area contributed by atoms with Crippen molar-refractivity contribution in [1.29, 1.82) is 0 Å². The van der Waals surface area contributed by atoms with Gasteiger partial charge in [-0.25, -0.2) is 0 Å². The molecule has 1 aliphatic heterocycles. The van der Waals surface area contributed by atoms with Gasteiger partial charge in [-0.15, -0.1) is 0 Å². The maximum absolute atomic E-state index is 12.7. The van der Waals surface area contributed by atoms with Gasteiger partial charge in [-0.3, -0.25) is 4.79 Å². The molecule has 5 nitrogen and oxygen atoms in total. The van der Waals surface area contributed by atoms with Crippen molar-refractivity contribution < 1.29 is 14.3 Å². The molecule has 1 amide bonds. The number of carbonyl (C=O) groups is 1. The van der Waals surface area contributed by atoms with Crippen LogP contribution in [0.5, 0.6) is 0 Å². The monoisotopic (exact) mass is 284 g/mol. The molecule has 1 saturated heterocycles. The Balaban J connectivity index is 1.85. The Morgan fingerprint density at radius 2 is 1.90 bits per heavy atom. The number of nitrogens with one attached hydrogen (secondary N) is 1. The summed E-state index contributed by atoms with van der Waals surface area (Å²) in [4.78, 5) is 14.7. The van der Waals surface area contributed by atoms with Gasteiger partial charge in [0, 0.05) is 39.8 Å². The van der Waals surface area contributed by atoms with Crippen molar-refractivity contribution in [2.75, 3.05) is 53.6 Å². The minimum absolute atomic E-state index is 0.254. The summed E-state index contributed by atoms with van der Waals surface area (Å²) in [5, 5.41) is 3.38. The van der Waals surface area contributed by atoms with Crippen molar-refractivity contribution in [3.63, 3.8) is 0 Å². The Morgan fingerprint density at radius 3 is 2.55 bits per heavy atom. The third-order valence-electron chi connectivity index (χ3n) is 4.74. The summed E-state index contributed by atoms with van der Waals surface area (Å²) in [5.41, 5.74) is 0.314. The normalized spacial score (nSPS) is 23.8. The molecule has 116 valence electrons. The standard InChI is InChI=1S/C15H28N2O3/c1-19-10-3-8-17(9-11-20-2)14(18)13-12-15(13)4-6-16-7-5-15/h13,16H,3-12H2,1-2H3. The van der Waals surface area contributed by atoms with Crippen molar-refractivity contribution >= 4 is 5.91 Å². The lowest BCUT2D eigenvalue weighted by Crippen LogP contribution is -2.39. The average molecular weight is 284 g/mol. The number of carbonyl (C=O) groups excluding carboxylic acids is 1. The van der Waals surface area contributed by atoms with Crippen LogP contribution in [0, 0.1) is 11.3 Å². The van der Waals surface area contributed by atoms with Gasteiger partial charge < -0.3 is 19.7 Å². The molecule has 1 atom stereocenters. The van der Waals surface area contributed by atoms with Crippen molar-refractivity contribution in [1.82, 2.24) is 10.2 Å². The highest BCUT2D eigenvalue weighted by molar-refractivity contribution is 5.82. The fourth-order valence-corrected chi connectivity index (χ4v) is 3.33. The number of rotatable bonds is 8. The number of piperidine rings is 1. The van der Waals surface area contributed by atoms with E-state index >= 15 is 0 Å². The van der Waals surface area contributed by atoms with Gasteiger partial charge >= 0.3 is 0 Å². The molecule has 0 bridgehead atoms. The number of nitrogens with zero attached hydrogens (tertiary/aromatic N) is 1. The predicted octanol–water partition coefficient (Wildman–Crippen LogP) is 0.888. The topological polar surface area (TPSA) is 50.8 Å². The van der Waals surface area contributed by atoms with E-state index in [9.17, 15) is 4.79 Å². The van der Waals surface area contributed by atoms with Gasteiger partial charge in [0.05, 0.1) is 6.61 Å². The molecular weight excluding hydrogens is 256 g/mol. The zero-order valence-corrected chi connectivity index (χ0v) is 12.8. The van der Waals surface area contributed by atoms with Crippen LogP contribution in [0.2, 0.25) is 0 Å². The number of hydrogen-bond acceptors (Lipinski definition) is 4. The maximum atomic E-state index is 12.7. The Bertz CT molecular complexity index is 316. The quantitative estimate of drug-likeness (QED) is 0.673. The van der Waals surface area contributed by atoms with Gasteiger partial charge in [-0.1, -0.05) is 0 Å². The van der Waals surface area contributed by atoms with Gasteiger partial charge in [-0.2, -0.15) is 0 Å². The molecule has 0 aromatic carbocycles. The second-order valence-electron chi connectivity index (χ2n) is 6.03. The molecule has 1 aliphatic carbocycles. The molecule has 0 aromatic rings. The van der Waals surface area contributed by atoms with Crippen LogP contribution in [0.25, 0.3) is 0 Å². The molecule has 1 saturated carbocycles. The Morgan fingerprint density at radius 1 is 1.20 bits per heavy atom. The number of amides is 1. The minimum atomic E-state index is 0.254. The van der Waals surface area contributed by atoms with Gasteiger partial charge in [0.2, 0.25) is 5.91 Å². The Labute approximate surface area is 122 Å². The van der Waals surface area contributed by atoms with E-state index in [1.165, 1.54) is 0 Å². The SMILES string of the molecule is COCCCN(CCOC)C(=O)C1CC12CCNCC2. The number of ether oxygens (including phenoxy) is 2. The highest BCUT2D eigenvalue weighted by atomic mass is 16.5. The van der Waals surface area contributed by atoms with E-state index in [2.05, 4.69) is 5.32 Å². The van der Waals surface area contributed by atoms with Crippen molar-refractivity contribution in [2.24, 2.45) is 11.3 Å². The molecule has 1 spiro atoms. The van der Waals surface area contributed by atoms with Crippen LogP contribution in [-0.4, -0.2) is 64.4 Å². The van der Waals surface area contributed by atoms with Gasteiger partial charge in [-0.05, 0) is 44.2 Å². The first kappa shape index (κ1) is 15.7. The van der Waals surface area contributed by atoms with E-state index in [1.54, 1.807) is 14.2 Å². The summed E-state index contributed by atoms with van der Waals surface area (Å²) < 4.78 is 10.2. The summed E-state index contributed by atoms with van der Waals surface area (Å²) in [6.07, 6.45) is 4.29. The first-order chi connectivity index (χ1) is 9.73. The van der Waals surface area contributed by atoms with Gasteiger partial charge in [0.1, 0.15) is 0 Å². The lowest BCUT2D eigenvalue weighted by Gasteiger charge is -2.27. The van der Waals surface area contributed by atoms with Crippen molar-refractivity contribution in [2.45, 2.75) is 25.7 Å². The van der Waals surface area contributed by atoms with E-state index < -0.39 is 0 Å². The second kappa shape index (κ2) is 7.38. The summed E-state index contributed by atoms with van der Waals surface area (Å²) >= 11 is 0. The van der Waals surface area contributed by atoms with E-state index in [-0.39, 0.29) is 5.92 Å². The summed E-state index contributed by atoms with van der Waals surface area (Å²) in [7, 11) is 3.38. The molecule has 0 aromatic heterocycles. The van der Waals surface area contributed by atoms with Crippen molar-refractivity contribution in [3.8, 4) is 0 Å². The van der Waals surface area contributed by atoms with Crippen LogP contribution < -0.4 is 5.32 Å². The van der Waals surface area contributed by atoms with E-state index in [0.29, 0.717) is 31.1 Å². The van der Waals surface area contributed by atoms with Crippen LogP contribution in [0.1, 0.15) is 25.7 Å². The van der Waals surface area contributed by atoms with Crippen LogP contribution in [-0.2, 0) is 14.3 Å². The molecular formula is C15H28N2O3. The average Bonchev–Trinajstić information content (AvgIpc) is 3.16. The maximum Gasteiger partial charge on any atom is 0.226 e. The molecule has 1 heterocycles. The third-order valence-corrected chi connectivity index (χ3v) is 4.74. The Kier molecular flexibility index (Phi) is 5.81. The molecule has 20 heavy (non-hydrogen) atoms. The zero-order chi connectivity index (χ0) is 14.4. The summed E-state index contributed by atoms with van der Waals surface area (Å²) in [6.45, 7) is 4.91. The lowest BCUT2D eigenvalue weighted by atomic mass is 9.91. The number of hydrogen-bond donors (Lipinski definition) is 1. The molecule has 1 unspecified atom stereocenters. The first-order valence-electron chi connectivity index (χ1n) is 7.71. The molecule has 2 rings (SSSR count). The van der Waals surface area contributed by atoms with Crippen LogP contribution in [0.15, 0.2) is 0 Å². The number of methoxy groups -OCH3 is 2. The highest BCUT2D eigenvalue weighted by Crippen LogP contribution is 2.59. The smallest absolute Gasteiger partial charge is 0.226 e. The molecule has 1 N–H and O–H groups in total. The Hall–Kier alpha value is -0.650. The van der Waals surface area contributed by atoms with E-state index in [0.717, 1.165) is 45.3 Å². The predicted molar refractivity (Wildman–Crippen MR) is 77.6 cm³/mol. The lowest BCUT2D eigenvalue weighted by molar-refractivity contribution is -0.134. The van der Waals surface area contributed by atoms with E-state index in [4.69, 9.17) is 9.47 Å². The van der Waals surface area contributed by atoms with E-state index in [1.807, 2.05) is 4.90 Å². The molecule has 0 radical (unpaired) electrons.